The molecule has 0 saturated carbocycles. The third-order valence-electron chi connectivity index (χ3n) is 4.96. The lowest BCUT2D eigenvalue weighted by Crippen LogP contribution is -2.28. The lowest BCUT2D eigenvalue weighted by molar-refractivity contribution is -0.387. The maximum absolute atomic E-state index is 13.6. The summed E-state index contributed by atoms with van der Waals surface area (Å²) in [5, 5.41) is 16.5. The fourth-order valence-electron chi connectivity index (χ4n) is 3.41. The molecule has 2 aromatic carbocycles. The fourth-order valence-corrected chi connectivity index (χ4v) is 3.41. The maximum Gasteiger partial charge on any atom is 0.306 e. The zero-order chi connectivity index (χ0) is 23.4. The summed E-state index contributed by atoms with van der Waals surface area (Å²) in [6.45, 7) is 3.92. The van der Waals surface area contributed by atoms with Gasteiger partial charge in [-0.2, -0.15) is 4.39 Å². The van der Waals surface area contributed by atoms with Gasteiger partial charge >= 0.3 is 5.69 Å². The molecule has 2 aromatic rings. The van der Waals surface area contributed by atoms with Crippen LogP contribution >= 0.6 is 0 Å². The van der Waals surface area contributed by atoms with E-state index in [0.29, 0.717) is 17.8 Å². The summed E-state index contributed by atoms with van der Waals surface area (Å²) in [5.41, 5.74) is 0.539. The number of halogens is 1. The van der Waals surface area contributed by atoms with Gasteiger partial charge in [0.1, 0.15) is 0 Å². The van der Waals surface area contributed by atoms with Gasteiger partial charge in [0, 0.05) is 36.8 Å². The highest BCUT2D eigenvalue weighted by Crippen LogP contribution is 2.30. The summed E-state index contributed by atoms with van der Waals surface area (Å²) < 4.78 is 13.6. The van der Waals surface area contributed by atoms with Gasteiger partial charge in [-0.25, -0.2) is 0 Å². The van der Waals surface area contributed by atoms with Crippen LogP contribution in [-0.2, 0) is 14.4 Å². The van der Waals surface area contributed by atoms with Crippen molar-refractivity contribution in [2.24, 2.45) is 11.8 Å². The number of rotatable bonds is 7. The summed E-state index contributed by atoms with van der Waals surface area (Å²) in [6, 6.07) is 9.79. The summed E-state index contributed by atoms with van der Waals surface area (Å²) in [4.78, 5) is 48.2. The standard InChI is InChI=1S/C22H23FN4O5/c1-13(2)9-20(28)24-15-3-5-16(6-4-15)25-22(30)14-10-21(29)26(12-14)17-7-8-18(23)19(11-17)27(31)32/h3-8,11,13-14H,9-10,12H2,1-2H3,(H,24,28)(H,25,30). The number of nitrogens with one attached hydrogen (secondary N) is 2. The highest BCUT2D eigenvalue weighted by Gasteiger charge is 2.36. The second kappa shape index (κ2) is 9.54. The Morgan fingerprint density at radius 1 is 1.16 bits per heavy atom. The molecule has 2 N–H and O–H groups in total. The monoisotopic (exact) mass is 442 g/mol. The molecular formula is C22H23FN4O5. The van der Waals surface area contributed by atoms with Crippen LogP contribution in [0.4, 0.5) is 27.1 Å². The van der Waals surface area contributed by atoms with Gasteiger partial charge in [0.15, 0.2) is 0 Å². The van der Waals surface area contributed by atoms with Crippen LogP contribution in [0, 0.1) is 27.8 Å². The van der Waals surface area contributed by atoms with E-state index in [4.69, 9.17) is 0 Å². The molecule has 1 heterocycles. The molecule has 1 aliphatic rings. The van der Waals surface area contributed by atoms with Crippen molar-refractivity contribution in [3.8, 4) is 0 Å². The molecule has 1 atom stereocenters. The molecule has 32 heavy (non-hydrogen) atoms. The molecule has 9 nitrogen and oxygen atoms in total. The van der Waals surface area contributed by atoms with E-state index in [1.54, 1.807) is 24.3 Å². The number of nitro groups is 1. The van der Waals surface area contributed by atoms with Crippen molar-refractivity contribution < 1.29 is 23.7 Å². The molecule has 1 unspecified atom stereocenters. The van der Waals surface area contributed by atoms with Crippen molar-refractivity contribution in [3.05, 3.63) is 58.4 Å². The van der Waals surface area contributed by atoms with Crippen LogP contribution < -0.4 is 15.5 Å². The van der Waals surface area contributed by atoms with E-state index in [1.165, 1.54) is 11.0 Å². The number of benzene rings is 2. The predicted molar refractivity (Wildman–Crippen MR) is 117 cm³/mol. The van der Waals surface area contributed by atoms with Crippen LogP contribution in [0.1, 0.15) is 26.7 Å². The lowest BCUT2D eigenvalue weighted by Gasteiger charge is -2.16. The number of nitro benzene ring substituents is 1. The Morgan fingerprint density at radius 2 is 1.78 bits per heavy atom. The smallest absolute Gasteiger partial charge is 0.306 e. The Hall–Kier alpha value is -3.82. The minimum Gasteiger partial charge on any atom is -0.326 e. The Labute approximate surface area is 183 Å². The number of hydrogen-bond donors (Lipinski definition) is 2. The Balaban J connectivity index is 1.62. The van der Waals surface area contributed by atoms with Crippen molar-refractivity contribution in [2.75, 3.05) is 22.1 Å². The number of carbonyl (C=O) groups excluding carboxylic acids is 3. The van der Waals surface area contributed by atoms with E-state index in [9.17, 15) is 28.9 Å². The van der Waals surface area contributed by atoms with Crippen molar-refractivity contribution in [1.29, 1.82) is 0 Å². The van der Waals surface area contributed by atoms with Crippen LogP contribution in [0.3, 0.4) is 0 Å². The first-order chi connectivity index (χ1) is 15.1. The first-order valence-electron chi connectivity index (χ1n) is 10.1. The Morgan fingerprint density at radius 3 is 2.38 bits per heavy atom. The number of amides is 3. The van der Waals surface area contributed by atoms with Crippen molar-refractivity contribution in [3.63, 3.8) is 0 Å². The molecule has 1 fully saturated rings. The SMILES string of the molecule is CC(C)CC(=O)Nc1ccc(NC(=O)C2CC(=O)N(c3ccc(F)c([N+](=O)[O-])c3)C2)cc1. The first-order valence-corrected chi connectivity index (χ1v) is 10.1. The largest absolute Gasteiger partial charge is 0.326 e. The van der Waals surface area contributed by atoms with Gasteiger partial charge in [0.2, 0.25) is 23.5 Å². The van der Waals surface area contributed by atoms with Gasteiger partial charge in [0.05, 0.1) is 16.5 Å². The topological polar surface area (TPSA) is 122 Å². The minimum absolute atomic E-state index is 0.0246. The number of anilines is 3. The average molecular weight is 442 g/mol. The van der Waals surface area contributed by atoms with Gasteiger partial charge < -0.3 is 15.5 Å². The molecule has 0 spiro atoms. The van der Waals surface area contributed by atoms with Crippen molar-refractivity contribution >= 4 is 40.5 Å². The average Bonchev–Trinajstić information content (AvgIpc) is 3.11. The van der Waals surface area contributed by atoms with Crippen molar-refractivity contribution in [2.45, 2.75) is 26.7 Å². The highest BCUT2D eigenvalue weighted by atomic mass is 19.1. The zero-order valence-electron chi connectivity index (χ0n) is 17.6. The van der Waals surface area contributed by atoms with Gasteiger partial charge in [-0.3, -0.25) is 24.5 Å². The second-order valence-electron chi connectivity index (χ2n) is 8.01. The van der Waals surface area contributed by atoms with Crippen LogP contribution in [0.5, 0.6) is 0 Å². The molecule has 3 rings (SSSR count). The first kappa shape index (κ1) is 22.9. The molecule has 0 bridgehead atoms. The number of nitrogens with zero attached hydrogens (tertiary/aromatic N) is 2. The Kier molecular flexibility index (Phi) is 6.82. The molecule has 0 radical (unpaired) electrons. The highest BCUT2D eigenvalue weighted by molar-refractivity contribution is 6.03. The van der Waals surface area contributed by atoms with Crippen LogP contribution in [0.15, 0.2) is 42.5 Å². The molecule has 3 amide bonds. The fraction of sp³-hybridized carbons (Fsp3) is 0.318. The molecule has 168 valence electrons. The summed E-state index contributed by atoms with van der Waals surface area (Å²) in [6.07, 6.45) is 0.336. The van der Waals surface area contributed by atoms with E-state index in [1.807, 2.05) is 13.8 Å². The van der Waals surface area contributed by atoms with Crippen LogP contribution in [-0.4, -0.2) is 29.2 Å². The van der Waals surface area contributed by atoms with E-state index in [0.717, 1.165) is 12.1 Å². The van der Waals surface area contributed by atoms with Crippen LogP contribution in [0.2, 0.25) is 0 Å². The Bertz CT molecular complexity index is 1050. The molecular weight excluding hydrogens is 419 g/mol. The summed E-state index contributed by atoms with van der Waals surface area (Å²) in [5.74, 6) is -2.28. The predicted octanol–water partition coefficient (Wildman–Crippen LogP) is 3.71. The normalized spacial score (nSPS) is 15.7. The maximum atomic E-state index is 13.6. The quantitative estimate of drug-likeness (QED) is 0.500. The summed E-state index contributed by atoms with van der Waals surface area (Å²) in [7, 11) is 0. The second-order valence-corrected chi connectivity index (χ2v) is 8.01. The molecule has 10 heteroatoms. The van der Waals surface area contributed by atoms with E-state index in [2.05, 4.69) is 10.6 Å². The molecule has 0 aliphatic carbocycles. The number of carbonyl (C=O) groups is 3. The van der Waals surface area contributed by atoms with Gasteiger partial charge in [-0.1, -0.05) is 13.8 Å². The minimum atomic E-state index is -0.997. The lowest BCUT2D eigenvalue weighted by atomic mass is 10.1. The van der Waals surface area contributed by atoms with Crippen LogP contribution in [0.25, 0.3) is 0 Å². The van der Waals surface area contributed by atoms with Gasteiger partial charge in [-0.05, 0) is 42.3 Å². The molecule has 0 aromatic heterocycles. The van der Waals surface area contributed by atoms with E-state index in [-0.39, 0.29) is 42.3 Å². The zero-order valence-corrected chi connectivity index (χ0v) is 17.6. The van der Waals surface area contributed by atoms with E-state index >= 15 is 0 Å². The molecule has 1 saturated heterocycles. The third-order valence-corrected chi connectivity index (χ3v) is 4.96. The van der Waals surface area contributed by atoms with Gasteiger partial charge in [0.25, 0.3) is 0 Å². The summed E-state index contributed by atoms with van der Waals surface area (Å²) >= 11 is 0. The van der Waals surface area contributed by atoms with E-state index < -0.39 is 22.3 Å². The van der Waals surface area contributed by atoms with Crippen molar-refractivity contribution in [1.82, 2.24) is 0 Å². The number of hydrogen-bond acceptors (Lipinski definition) is 5. The molecule has 1 aliphatic heterocycles. The third kappa shape index (κ3) is 5.45. The van der Waals surface area contributed by atoms with Gasteiger partial charge in [-0.15, -0.1) is 0 Å².